The van der Waals surface area contributed by atoms with E-state index in [0.717, 1.165) is 17.0 Å². The van der Waals surface area contributed by atoms with E-state index < -0.39 is 10.0 Å². The number of pyridine rings is 1. The molecule has 2 rings (SSSR count). The topological polar surface area (TPSA) is 88.9 Å². The Morgan fingerprint density at radius 3 is 2.62 bits per heavy atom. The van der Waals surface area contributed by atoms with E-state index in [4.69, 9.17) is 0 Å². The number of aromatic nitrogens is 3. The van der Waals surface area contributed by atoms with Gasteiger partial charge in [-0.05, 0) is 19.9 Å². The monoisotopic (exact) mass is 309 g/mol. The van der Waals surface area contributed by atoms with E-state index in [0.29, 0.717) is 5.69 Å². The lowest BCUT2D eigenvalue weighted by Crippen LogP contribution is -2.24. The van der Waals surface area contributed by atoms with Crippen LogP contribution >= 0.6 is 0 Å². The van der Waals surface area contributed by atoms with Crippen LogP contribution < -0.4 is 10.0 Å². The van der Waals surface area contributed by atoms with Crippen molar-refractivity contribution < 1.29 is 8.42 Å². The van der Waals surface area contributed by atoms with Gasteiger partial charge >= 0.3 is 0 Å². The molecule has 0 aliphatic heterocycles. The molecule has 0 aliphatic rings. The first-order valence-corrected chi connectivity index (χ1v) is 7.95. The van der Waals surface area contributed by atoms with Crippen LogP contribution in [-0.2, 0) is 23.6 Å². The second-order valence-corrected chi connectivity index (χ2v) is 6.45. The van der Waals surface area contributed by atoms with Crippen LogP contribution in [-0.4, -0.2) is 30.2 Å². The fourth-order valence-corrected chi connectivity index (χ4v) is 3.27. The Hall–Kier alpha value is -1.93. The number of nitrogens with zero attached hydrogens (tertiary/aromatic N) is 3. The summed E-state index contributed by atoms with van der Waals surface area (Å²) in [7, 11) is -0.133. The minimum absolute atomic E-state index is 0.131. The molecular formula is C13H19N5O2S. The standard InChI is InChI=1S/C13H19N5O2S/c1-9-11(10(2)18(4)17-9)7-16-21(19,20)13-8-15-6-5-12(13)14-3/h5-6,8,16H,7H2,1-4H3,(H,14,15). The van der Waals surface area contributed by atoms with Crippen molar-refractivity contribution in [3.63, 3.8) is 0 Å². The van der Waals surface area contributed by atoms with Gasteiger partial charge in [0.05, 0.1) is 11.4 Å². The number of anilines is 1. The van der Waals surface area contributed by atoms with Crippen LogP contribution in [0.2, 0.25) is 0 Å². The van der Waals surface area contributed by atoms with Gasteiger partial charge < -0.3 is 5.32 Å². The predicted octanol–water partition coefficient (Wildman–Crippen LogP) is 0.952. The van der Waals surface area contributed by atoms with Gasteiger partial charge in [-0.2, -0.15) is 5.10 Å². The fourth-order valence-electron chi connectivity index (χ4n) is 2.12. The molecule has 0 saturated carbocycles. The van der Waals surface area contributed by atoms with Gasteiger partial charge in [-0.25, -0.2) is 13.1 Å². The third-order valence-corrected chi connectivity index (χ3v) is 4.87. The lowest BCUT2D eigenvalue weighted by atomic mass is 10.2. The molecule has 21 heavy (non-hydrogen) atoms. The van der Waals surface area contributed by atoms with E-state index in [2.05, 4.69) is 20.1 Å². The highest BCUT2D eigenvalue weighted by Crippen LogP contribution is 2.19. The van der Waals surface area contributed by atoms with Crippen LogP contribution in [0, 0.1) is 13.8 Å². The molecule has 0 radical (unpaired) electrons. The van der Waals surface area contributed by atoms with Crippen LogP contribution in [0.25, 0.3) is 0 Å². The summed E-state index contributed by atoms with van der Waals surface area (Å²) in [6, 6.07) is 1.62. The average Bonchev–Trinajstić information content (AvgIpc) is 2.70. The predicted molar refractivity (Wildman–Crippen MR) is 80.5 cm³/mol. The Morgan fingerprint density at radius 2 is 2.05 bits per heavy atom. The number of sulfonamides is 1. The smallest absolute Gasteiger partial charge is 0.244 e. The Morgan fingerprint density at radius 1 is 1.33 bits per heavy atom. The van der Waals surface area contributed by atoms with Crippen LogP contribution in [0.1, 0.15) is 17.0 Å². The first kappa shape index (κ1) is 15.5. The van der Waals surface area contributed by atoms with Crippen molar-refractivity contribution >= 4 is 15.7 Å². The van der Waals surface area contributed by atoms with Gasteiger partial charge in [-0.1, -0.05) is 0 Å². The average molecular weight is 309 g/mol. The molecule has 2 aromatic heterocycles. The summed E-state index contributed by atoms with van der Waals surface area (Å²) in [5.41, 5.74) is 3.15. The van der Waals surface area contributed by atoms with Crippen molar-refractivity contribution in [1.29, 1.82) is 0 Å². The fraction of sp³-hybridized carbons (Fsp3) is 0.385. The van der Waals surface area contributed by atoms with Gasteiger partial charge in [0.2, 0.25) is 10.0 Å². The number of hydrogen-bond donors (Lipinski definition) is 2. The highest BCUT2D eigenvalue weighted by Gasteiger charge is 2.19. The first-order valence-electron chi connectivity index (χ1n) is 6.47. The molecule has 0 bridgehead atoms. The van der Waals surface area contributed by atoms with Crippen LogP contribution in [0.3, 0.4) is 0 Å². The maximum absolute atomic E-state index is 12.4. The summed E-state index contributed by atoms with van der Waals surface area (Å²) in [5, 5.41) is 7.13. The summed E-state index contributed by atoms with van der Waals surface area (Å²) in [5.74, 6) is 0. The molecule has 0 saturated heterocycles. The van der Waals surface area contributed by atoms with E-state index in [1.807, 2.05) is 20.9 Å². The molecule has 2 N–H and O–H groups in total. The molecule has 2 aromatic rings. The quantitative estimate of drug-likeness (QED) is 0.858. The van der Waals surface area contributed by atoms with Crippen molar-refractivity contribution in [2.45, 2.75) is 25.3 Å². The van der Waals surface area contributed by atoms with E-state index in [1.54, 1.807) is 24.0 Å². The molecule has 114 valence electrons. The Bertz CT molecular complexity index is 752. The SMILES string of the molecule is CNc1ccncc1S(=O)(=O)NCc1c(C)nn(C)c1C. The first-order chi connectivity index (χ1) is 9.86. The lowest BCUT2D eigenvalue weighted by Gasteiger charge is -2.10. The second-order valence-electron chi connectivity index (χ2n) is 4.72. The number of aryl methyl sites for hydroxylation is 2. The summed E-state index contributed by atoms with van der Waals surface area (Å²) < 4.78 is 29.1. The highest BCUT2D eigenvalue weighted by atomic mass is 32.2. The van der Waals surface area contributed by atoms with Crippen molar-refractivity contribution in [1.82, 2.24) is 19.5 Å². The molecule has 0 spiro atoms. The summed E-state index contributed by atoms with van der Waals surface area (Å²) in [4.78, 5) is 4.01. The second kappa shape index (κ2) is 5.82. The van der Waals surface area contributed by atoms with Crippen molar-refractivity contribution in [3.8, 4) is 0 Å². The maximum Gasteiger partial charge on any atom is 0.244 e. The third kappa shape index (κ3) is 3.06. The summed E-state index contributed by atoms with van der Waals surface area (Å²) in [6.45, 7) is 3.97. The Labute approximate surface area is 124 Å². The van der Waals surface area contributed by atoms with E-state index >= 15 is 0 Å². The molecule has 0 aliphatic carbocycles. The van der Waals surface area contributed by atoms with Gasteiger partial charge in [0.1, 0.15) is 4.90 Å². The van der Waals surface area contributed by atoms with Crippen molar-refractivity contribution in [2.75, 3.05) is 12.4 Å². The molecule has 0 aromatic carbocycles. The van der Waals surface area contributed by atoms with E-state index in [1.165, 1.54) is 6.20 Å². The van der Waals surface area contributed by atoms with Crippen LogP contribution in [0.5, 0.6) is 0 Å². The molecule has 0 unspecified atom stereocenters. The van der Waals surface area contributed by atoms with Crippen LogP contribution in [0.15, 0.2) is 23.4 Å². The minimum atomic E-state index is -3.64. The van der Waals surface area contributed by atoms with Gasteiger partial charge in [0.25, 0.3) is 0 Å². The zero-order valence-corrected chi connectivity index (χ0v) is 13.3. The van der Waals surface area contributed by atoms with E-state index in [-0.39, 0.29) is 11.4 Å². The molecule has 0 atom stereocenters. The van der Waals surface area contributed by atoms with Gasteiger partial charge in [-0.3, -0.25) is 9.67 Å². The normalized spacial score (nSPS) is 11.6. The Kier molecular flexibility index (Phi) is 4.29. The molecule has 0 fully saturated rings. The van der Waals surface area contributed by atoms with Gasteiger partial charge in [0, 0.05) is 44.3 Å². The summed E-state index contributed by atoms with van der Waals surface area (Å²) >= 11 is 0. The van der Waals surface area contributed by atoms with Crippen molar-refractivity contribution in [3.05, 3.63) is 35.4 Å². The molecular weight excluding hydrogens is 290 g/mol. The molecule has 2 heterocycles. The molecule has 8 heteroatoms. The zero-order valence-electron chi connectivity index (χ0n) is 12.5. The molecule has 0 amide bonds. The number of rotatable bonds is 5. The lowest BCUT2D eigenvalue weighted by molar-refractivity contribution is 0.581. The maximum atomic E-state index is 12.4. The molecule has 7 nitrogen and oxygen atoms in total. The zero-order chi connectivity index (χ0) is 15.6. The number of nitrogens with one attached hydrogen (secondary N) is 2. The summed E-state index contributed by atoms with van der Waals surface area (Å²) in [6.07, 6.45) is 2.87. The highest BCUT2D eigenvalue weighted by molar-refractivity contribution is 7.89. The van der Waals surface area contributed by atoms with E-state index in [9.17, 15) is 8.42 Å². The van der Waals surface area contributed by atoms with Gasteiger partial charge in [-0.15, -0.1) is 0 Å². The minimum Gasteiger partial charge on any atom is -0.387 e. The van der Waals surface area contributed by atoms with Gasteiger partial charge in [0.15, 0.2) is 0 Å². The Balaban J connectivity index is 2.26. The van der Waals surface area contributed by atoms with Crippen LogP contribution in [0.4, 0.5) is 5.69 Å². The third-order valence-electron chi connectivity index (χ3n) is 3.44. The van der Waals surface area contributed by atoms with Crippen molar-refractivity contribution in [2.24, 2.45) is 7.05 Å². The number of hydrogen-bond acceptors (Lipinski definition) is 5. The largest absolute Gasteiger partial charge is 0.387 e.